The first-order chi connectivity index (χ1) is 12.2. The molecule has 1 saturated carbocycles. The summed E-state index contributed by atoms with van der Waals surface area (Å²) in [5, 5.41) is 13.9. The Hall–Kier alpha value is -2.28. The molecule has 1 unspecified atom stereocenters. The Morgan fingerprint density at radius 2 is 2.27 bits per heavy atom. The SMILES string of the molecule is CC(C)(C)OC1=C2CCC(Cn3c(C(=O)O)cc4cnc(Cl)nc43)(C2)N1. The Kier molecular flexibility index (Phi) is 3.70. The highest BCUT2D eigenvalue weighted by Gasteiger charge is 2.46. The van der Waals surface area contributed by atoms with Crippen LogP contribution in [0, 0.1) is 0 Å². The molecule has 138 valence electrons. The van der Waals surface area contributed by atoms with Crippen LogP contribution in [0.25, 0.3) is 11.0 Å². The number of hydrogen-bond donors (Lipinski definition) is 2. The molecule has 2 aromatic rings. The van der Waals surface area contributed by atoms with E-state index in [0.29, 0.717) is 17.6 Å². The van der Waals surface area contributed by atoms with Gasteiger partial charge in [-0.25, -0.2) is 9.78 Å². The summed E-state index contributed by atoms with van der Waals surface area (Å²) in [5.41, 5.74) is 1.45. The highest BCUT2D eigenvalue weighted by molar-refractivity contribution is 6.28. The molecule has 0 saturated heterocycles. The third kappa shape index (κ3) is 2.90. The Labute approximate surface area is 156 Å². The van der Waals surface area contributed by atoms with Crippen molar-refractivity contribution in [1.29, 1.82) is 0 Å². The van der Waals surface area contributed by atoms with E-state index in [1.54, 1.807) is 16.8 Å². The van der Waals surface area contributed by atoms with E-state index in [0.717, 1.165) is 25.1 Å². The third-order valence-corrected chi connectivity index (χ3v) is 5.03. The lowest BCUT2D eigenvalue weighted by Gasteiger charge is -2.33. The fraction of sp³-hybridized carbons (Fsp3) is 0.500. The number of carboxylic acids is 1. The lowest BCUT2D eigenvalue weighted by Crippen LogP contribution is -2.45. The quantitative estimate of drug-likeness (QED) is 0.795. The topological polar surface area (TPSA) is 89.3 Å². The van der Waals surface area contributed by atoms with Crippen molar-refractivity contribution in [2.24, 2.45) is 0 Å². The molecule has 1 atom stereocenters. The molecule has 2 bridgehead atoms. The van der Waals surface area contributed by atoms with Gasteiger partial charge in [0.05, 0.1) is 5.54 Å². The number of nitrogens with zero attached hydrogens (tertiary/aromatic N) is 3. The fourth-order valence-corrected chi connectivity index (χ4v) is 3.97. The molecule has 8 heteroatoms. The minimum Gasteiger partial charge on any atom is -0.477 e. The molecule has 1 fully saturated rings. The molecular weight excluding hydrogens is 356 g/mol. The third-order valence-electron chi connectivity index (χ3n) is 4.85. The first-order valence-corrected chi connectivity index (χ1v) is 8.98. The van der Waals surface area contributed by atoms with Crippen molar-refractivity contribution >= 4 is 28.6 Å². The predicted molar refractivity (Wildman–Crippen MR) is 97.1 cm³/mol. The zero-order valence-electron chi connectivity index (χ0n) is 15.0. The lowest BCUT2D eigenvalue weighted by molar-refractivity contribution is 0.0316. The number of halogens is 1. The van der Waals surface area contributed by atoms with Gasteiger partial charge >= 0.3 is 5.97 Å². The van der Waals surface area contributed by atoms with E-state index >= 15 is 0 Å². The van der Waals surface area contributed by atoms with Crippen LogP contribution in [0.5, 0.6) is 0 Å². The minimum absolute atomic E-state index is 0.104. The average Bonchev–Trinajstić information content (AvgIpc) is 3.17. The van der Waals surface area contributed by atoms with Crippen LogP contribution in [0.15, 0.2) is 23.7 Å². The summed E-state index contributed by atoms with van der Waals surface area (Å²) in [5.74, 6) is -0.157. The van der Waals surface area contributed by atoms with Gasteiger partial charge in [-0.15, -0.1) is 0 Å². The zero-order valence-corrected chi connectivity index (χ0v) is 15.7. The average molecular weight is 377 g/mol. The van der Waals surface area contributed by atoms with Gasteiger partial charge in [-0.1, -0.05) is 0 Å². The smallest absolute Gasteiger partial charge is 0.352 e. The van der Waals surface area contributed by atoms with Gasteiger partial charge < -0.3 is 19.7 Å². The van der Waals surface area contributed by atoms with Crippen molar-refractivity contribution < 1.29 is 14.6 Å². The van der Waals surface area contributed by atoms with E-state index in [1.807, 2.05) is 20.8 Å². The van der Waals surface area contributed by atoms with Crippen LogP contribution in [0.1, 0.15) is 50.5 Å². The lowest BCUT2D eigenvalue weighted by atomic mass is 9.98. The van der Waals surface area contributed by atoms with Crippen LogP contribution < -0.4 is 5.32 Å². The van der Waals surface area contributed by atoms with E-state index in [9.17, 15) is 9.90 Å². The van der Waals surface area contributed by atoms with Crippen LogP contribution >= 0.6 is 11.6 Å². The molecule has 2 aliphatic rings. The van der Waals surface area contributed by atoms with Gasteiger partial charge in [0.15, 0.2) is 5.88 Å². The summed E-state index contributed by atoms with van der Waals surface area (Å²) < 4.78 is 7.78. The standard InChI is InChI=1S/C18H21ClN4O3/c1-17(2,3)26-14-10-4-5-18(7-10,22-14)9-23-12(15(24)25)6-11-8-20-16(19)21-13(11)23/h6,8,22H,4-5,7,9H2,1-3H3,(H,24,25). The minimum atomic E-state index is -0.995. The van der Waals surface area contributed by atoms with Crippen molar-refractivity contribution in [1.82, 2.24) is 19.9 Å². The highest BCUT2D eigenvalue weighted by Crippen LogP contribution is 2.44. The Morgan fingerprint density at radius 3 is 2.96 bits per heavy atom. The van der Waals surface area contributed by atoms with Gasteiger partial charge in [0.1, 0.15) is 16.9 Å². The first kappa shape index (κ1) is 17.1. The monoisotopic (exact) mass is 376 g/mol. The molecule has 0 spiro atoms. The Morgan fingerprint density at radius 1 is 1.50 bits per heavy atom. The van der Waals surface area contributed by atoms with Crippen LogP contribution in [-0.4, -0.2) is 36.8 Å². The van der Waals surface area contributed by atoms with E-state index < -0.39 is 5.97 Å². The van der Waals surface area contributed by atoms with Crippen LogP contribution in [0.2, 0.25) is 5.28 Å². The van der Waals surface area contributed by atoms with Gasteiger partial charge in [0, 0.05) is 18.1 Å². The number of hydrogen-bond acceptors (Lipinski definition) is 5. The second-order valence-electron chi connectivity index (χ2n) is 8.07. The second kappa shape index (κ2) is 5.61. The van der Waals surface area contributed by atoms with Crippen molar-refractivity contribution in [3.05, 3.63) is 34.7 Å². The van der Waals surface area contributed by atoms with Crippen molar-refractivity contribution in [2.45, 2.75) is 57.7 Å². The molecule has 1 aliphatic carbocycles. The summed E-state index contributed by atoms with van der Waals surface area (Å²) in [6.45, 7) is 6.53. The van der Waals surface area contributed by atoms with E-state index in [-0.39, 0.29) is 22.1 Å². The summed E-state index contributed by atoms with van der Waals surface area (Å²) >= 11 is 5.94. The molecule has 0 amide bonds. The molecule has 26 heavy (non-hydrogen) atoms. The van der Waals surface area contributed by atoms with Gasteiger partial charge in [-0.05, 0) is 63.3 Å². The van der Waals surface area contributed by atoms with Gasteiger partial charge in [-0.2, -0.15) is 4.98 Å². The highest BCUT2D eigenvalue weighted by atomic mass is 35.5. The summed E-state index contributed by atoms with van der Waals surface area (Å²) in [4.78, 5) is 20.0. The van der Waals surface area contributed by atoms with Crippen LogP contribution in [-0.2, 0) is 11.3 Å². The van der Waals surface area contributed by atoms with Gasteiger partial charge in [0.2, 0.25) is 5.28 Å². The number of fused-ring (bicyclic) bond motifs is 3. The largest absolute Gasteiger partial charge is 0.477 e. The number of carboxylic acid groups (broad SMARTS) is 1. The maximum absolute atomic E-state index is 11.7. The number of nitrogens with one attached hydrogen (secondary N) is 1. The van der Waals surface area contributed by atoms with Crippen LogP contribution in [0.3, 0.4) is 0 Å². The molecule has 0 aromatic carbocycles. The van der Waals surface area contributed by atoms with E-state index in [1.165, 1.54) is 5.57 Å². The molecule has 1 aliphatic heterocycles. The van der Waals surface area contributed by atoms with Gasteiger partial charge in [-0.3, -0.25) is 0 Å². The predicted octanol–water partition coefficient (Wildman–Crippen LogP) is 3.34. The van der Waals surface area contributed by atoms with Crippen molar-refractivity contribution in [2.75, 3.05) is 0 Å². The molecule has 0 radical (unpaired) electrons. The Balaban J connectivity index is 1.70. The van der Waals surface area contributed by atoms with Crippen molar-refractivity contribution in [3.63, 3.8) is 0 Å². The number of aromatic carboxylic acids is 1. The van der Waals surface area contributed by atoms with Crippen molar-refractivity contribution in [3.8, 4) is 0 Å². The molecule has 2 N–H and O–H groups in total. The number of aromatic nitrogens is 3. The molecule has 7 nitrogen and oxygen atoms in total. The Bertz CT molecular complexity index is 944. The van der Waals surface area contributed by atoms with Crippen LogP contribution in [0.4, 0.5) is 0 Å². The number of carbonyl (C=O) groups is 1. The first-order valence-electron chi connectivity index (χ1n) is 8.60. The molecule has 2 aromatic heterocycles. The second-order valence-corrected chi connectivity index (χ2v) is 8.41. The molecule has 3 heterocycles. The van der Waals surface area contributed by atoms with E-state index in [2.05, 4.69) is 15.3 Å². The van der Waals surface area contributed by atoms with E-state index in [4.69, 9.17) is 16.3 Å². The zero-order chi connectivity index (χ0) is 18.7. The van der Waals surface area contributed by atoms with Gasteiger partial charge in [0.25, 0.3) is 0 Å². The molecule has 4 rings (SSSR count). The normalized spacial score (nSPS) is 22.2. The summed E-state index contributed by atoms with van der Waals surface area (Å²) in [6, 6.07) is 1.59. The fourth-order valence-electron chi connectivity index (χ4n) is 3.84. The number of ether oxygens (including phenoxy) is 1. The summed E-state index contributed by atoms with van der Waals surface area (Å²) in [6.07, 6.45) is 4.28. The summed E-state index contributed by atoms with van der Waals surface area (Å²) in [7, 11) is 0. The number of rotatable bonds is 4. The maximum Gasteiger partial charge on any atom is 0.352 e. The molecular formula is C18H21ClN4O3. The maximum atomic E-state index is 11.7.